The van der Waals surface area contributed by atoms with E-state index in [0.717, 1.165) is 11.1 Å². The van der Waals surface area contributed by atoms with Crippen LogP contribution in [0.15, 0.2) is 24.5 Å². The Morgan fingerprint density at radius 3 is 2.75 bits per heavy atom. The van der Waals surface area contributed by atoms with E-state index in [1.807, 2.05) is 6.07 Å². The van der Waals surface area contributed by atoms with Crippen LogP contribution in [0.1, 0.15) is 0 Å². The van der Waals surface area contributed by atoms with Crippen molar-refractivity contribution in [1.82, 2.24) is 15.1 Å². The number of carbonyl (C=O) groups excluding carboxylic acids is 1. The predicted octanol–water partition coefficient (Wildman–Crippen LogP) is 0.734. The number of carboxylic acid groups (broad SMARTS) is 1. The largest absolute Gasteiger partial charge is 0.496 e. The third-order valence-electron chi connectivity index (χ3n) is 3.22. The first kappa shape index (κ1) is 17.1. The van der Waals surface area contributed by atoms with Crippen LogP contribution in [0.3, 0.4) is 0 Å². The fourth-order valence-corrected chi connectivity index (χ4v) is 2.13. The number of carbonyl (C=O) groups is 2. The topological polar surface area (TPSA) is 112 Å². The monoisotopic (exact) mass is 335 g/mol. The molecular formula is C15H17N3O6. The van der Waals surface area contributed by atoms with Crippen molar-refractivity contribution < 1.29 is 28.9 Å². The van der Waals surface area contributed by atoms with Crippen molar-refractivity contribution in [3.63, 3.8) is 0 Å². The summed E-state index contributed by atoms with van der Waals surface area (Å²) in [5, 5.41) is 13.6. The molecule has 1 aliphatic rings. The van der Waals surface area contributed by atoms with Gasteiger partial charge in [-0.15, -0.1) is 0 Å². The van der Waals surface area contributed by atoms with Gasteiger partial charge in [0.05, 0.1) is 13.3 Å². The van der Waals surface area contributed by atoms with Gasteiger partial charge in [-0.1, -0.05) is 0 Å². The first-order valence-corrected chi connectivity index (χ1v) is 6.91. The molecule has 0 fully saturated rings. The number of methoxy groups -OCH3 is 1. The molecule has 0 radical (unpaired) electrons. The Morgan fingerprint density at radius 1 is 1.46 bits per heavy atom. The van der Waals surface area contributed by atoms with Gasteiger partial charge in [-0.3, -0.25) is 14.3 Å². The van der Waals surface area contributed by atoms with E-state index in [1.54, 1.807) is 37.3 Å². The molecule has 1 aromatic heterocycles. The normalized spacial score (nSPS) is 11.2. The average molecular weight is 335 g/mol. The molecule has 1 amide bonds. The molecule has 2 aromatic rings. The van der Waals surface area contributed by atoms with E-state index in [1.165, 1.54) is 0 Å². The maximum atomic E-state index is 11.4. The molecule has 2 N–H and O–H groups in total. The standard InChI is InChI=1S/C14H15N3O4.CH2O2/c1-15-14(18)7-17-6-9(5-16-17)10-3-12-13(21-8-20-12)4-11(10)19-2;2-1-3/h3-6H,7-8H2,1-2H3,(H,15,18);1H,(H,2,3). The summed E-state index contributed by atoms with van der Waals surface area (Å²) in [6, 6.07) is 3.64. The molecule has 128 valence electrons. The number of amides is 1. The van der Waals surface area contributed by atoms with E-state index < -0.39 is 0 Å². The number of fused-ring (bicyclic) bond motifs is 1. The van der Waals surface area contributed by atoms with Gasteiger partial charge in [0, 0.05) is 30.4 Å². The zero-order valence-corrected chi connectivity index (χ0v) is 13.2. The first-order chi connectivity index (χ1) is 11.6. The minimum atomic E-state index is -0.250. The van der Waals surface area contributed by atoms with Crippen molar-refractivity contribution >= 4 is 12.4 Å². The molecule has 0 spiro atoms. The Kier molecular flexibility index (Phi) is 5.61. The number of nitrogens with one attached hydrogen (secondary N) is 1. The lowest BCUT2D eigenvalue weighted by Crippen LogP contribution is -2.23. The van der Waals surface area contributed by atoms with Gasteiger partial charge >= 0.3 is 0 Å². The zero-order valence-electron chi connectivity index (χ0n) is 13.2. The second kappa shape index (κ2) is 7.86. The van der Waals surface area contributed by atoms with Crippen molar-refractivity contribution in [3.8, 4) is 28.4 Å². The van der Waals surface area contributed by atoms with Crippen LogP contribution in [0.2, 0.25) is 0 Å². The molecule has 0 saturated carbocycles. The first-order valence-electron chi connectivity index (χ1n) is 6.91. The smallest absolute Gasteiger partial charge is 0.290 e. The Morgan fingerprint density at radius 2 is 2.12 bits per heavy atom. The van der Waals surface area contributed by atoms with Gasteiger partial charge in [-0.05, 0) is 6.07 Å². The molecule has 9 nitrogen and oxygen atoms in total. The maximum absolute atomic E-state index is 11.4. The summed E-state index contributed by atoms with van der Waals surface area (Å²) in [4.78, 5) is 19.7. The number of benzene rings is 1. The second-order valence-electron chi connectivity index (χ2n) is 4.61. The fourth-order valence-electron chi connectivity index (χ4n) is 2.13. The maximum Gasteiger partial charge on any atom is 0.290 e. The summed E-state index contributed by atoms with van der Waals surface area (Å²) in [6.07, 6.45) is 3.47. The highest BCUT2D eigenvalue weighted by Crippen LogP contribution is 2.42. The Hall–Kier alpha value is -3.23. The Balaban J connectivity index is 0.000000647. The molecule has 0 unspecified atom stereocenters. The van der Waals surface area contributed by atoms with Crippen LogP contribution in [0.25, 0.3) is 11.1 Å². The lowest BCUT2D eigenvalue weighted by Gasteiger charge is -2.08. The molecule has 0 aliphatic carbocycles. The Labute approximate surface area is 137 Å². The van der Waals surface area contributed by atoms with Gasteiger partial charge in [-0.25, -0.2) is 0 Å². The number of nitrogens with zero attached hydrogens (tertiary/aromatic N) is 2. The summed E-state index contributed by atoms with van der Waals surface area (Å²) < 4.78 is 17.7. The van der Waals surface area contributed by atoms with Crippen molar-refractivity contribution in [1.29, 1.82) is 0 Å². The summed E-state index contributed by atoms with van der Waals surface area (Å²) in [7, 11) is 3.18. The molecule has 24 heavy (non-hydrogen) atoms. The van der Waals surface area contributed by atoms with E-state index in [4.69, 9.17) is 24.1 Å². The fraction of sp³-hybridized carbons (Fsp3) is 0.267. The highest BCUT2D eigenvalue weighted by molar-refractivity contribution is 5.76. The highest BCUT2D eigenvalue weighted by atomic mass is 16.7. The molecule has 0 saturated heterocycles. The predicted molar refractivity (Wildman–Crippen MR) is 83.1 cm³/mol. The zero-order chi connectivity index (χ0) is 17.5. The van der Waals surface area contributed by atoms with E-state index >= 15 is 0 Å². The van der Waals surface area contributed by atoms with E-state index in [2.05, 4.69) is 10.4 Å². The molecule has 1 aliphatic heterocycles. The number of hydrogen-bond donors (Lipinski definition) is 2. The SMILES string of the molecule is CNC(=O)Cn1cc(-c2cc3c(cc2OC)OCO3)cn1.O=CO. The molecule has 3 rings (SSSR count). The van der Waals surface area contributed by atoms with Crippen LogP contribution in [0, 0.1) is 0 Å². The third-order valence-corrected chi connectivity index (χ3v) is 3.22. The quantitative estimate of drug-likeness (QED) is 0.792. The van der Waals surface area contributed by atoms with Crippen molar-refractivity contribution in [2.45, 2.75) is 6.54 Å². The van der Waals surface area contributed by atoms with E-state index in [-0.39, 0.29) is 25.7 Å². The average Bonchev–Trinajstić information content (AvgIpc) is 3.22. The lowest BCUT2D eigenvalue weighted by atomic mass is 10.1. The number of ether oxygens (including phenoxy) is 3. The van der Waals surface area contributed by atoms with Gasteiger partial charge < -0.3 is 24.6 Å². The molecular weight excluding hydrogens is 318 g/mol. The van der Waals surface area contributed by atoms with Crippen LogP contribution in [-0.2, 0) is 16.1 Å². The van der Waals surface area contributed by atoms with Gasteiger partial charge in [-0.2, -0.15) is 5.10 Å². The van der Waals surface area contributed by atoms with Crippen LogP contribution in [0.5, 0.6) is 17.2 Å². The van der Waals surface area contributed by atoms with E-state index in [0.29, 0.717) is 17.2 Å². The Bertz CT molecular complexity index is 728. The van der Waals surface area contributed by atoms with Gasteiger partial charge in [0.25, 0.3) is 6.47 Å². The number of hydrogen-bond acceptors (Lipinski definition) is 6. The summed E-state index contributed by atoms with van der Waals surface area (Å²) in [5.41, 5.74) is 1.68. The van der Waals surface area contributed by atoms with Gasteiger partial charge in [0.1, 0.15) is 12.3 Å². The lowest BCUT2D eigenvalue weighted by molar-refractivity contribution is -0.123. The van der Waals surface area contributed by atoms with Crippen molar-refractivity contribution in [2.75, 3.05) is 21.0 Å². The number of aromatic nitrogens is 2. The van der Waals surface area contributed by atoms with E-state index in [9.17, 15) is 4.79 Å². The number of rotatable bonds is 4. The molecule has 2 heterocycles. The summed E-state index contributed by atoms with van der Waals surface area (Å²) >= 11 is 0. The van der Waals surface area contributed by atoms with Crippen LogP contribution < -0.4 is 19.5 Å². The molecule has 0 bridgehead atoms. The molecule has 1 aromatic carbocycles. The second-order valence-corrected chi connectivity index (χ2v) is 4.61. The minimum Gasteiger partial charge on any atom is -0.496 e. The molecule has 9 heteroatoms. The van der Waals surface area contributed by atoms with Crippen LogP contribution in [0.4, 0.5) is 0 Å². The van der Waals surface area contributed by atoms with Crippen LogP contribution >= 0.6 is 0 Å². The van der Waals surface area contributed by atoms with Crippen molar-refractivity contribution in [2.24, 2.45) is 0 Å². The van der Waals surface area contributed by atoms with Gasteiger partial charge in [0.15, 0.2) is 11.5 Å². The molecule has 0 atom stereocenters. The van der Waals surface area contributed by atoms with Gasteiger partial charge in [0.2, 0.25) is 12.7 Å². The van der Waals surface area contributed by atoms with Crippen molar-refractivity contribution in [3.05, 3.63) is 24.5 Å². The van der Waals surface area contributed by atoms with Crippen LogP contribution in [-0.4, -0.2) is 48.2 Å². The number of likely N-dealkylation sites (N-methyl/N-ethyl adjacent to an activating group) is 1. The third kappa shape index (κ3) is 3.75. The highest BCUT2D eigenvalue weighted by Gasteiger charge is 2.19. The minimum absolute atomic E-state index is 0.109. The summed E-state index contributed by atoms with van der Waals surface area (Å²) in [5.74, 6) is 1.89. The summed E-state index contributed by atoms with van der Waals surface area (Å²) in [6.45, 7) is 0.126.